The molecular weight excluding hydrogens is 326 g/mol. The lowest BCUT2D eigenvalue weighted by molar-refractivity contribution is 0.0174. The predicted octanol–water partition coefficient (Wildman–Crippen LogP) is 8.09. The fourth-order valence-corrected chi connectivity index (χ4v) is 5.93. The van der Waals surface area contributed by atoms with Crippen molar-refractivity contribution in [2.45, 2.75) is 106 Å². The summed E-state index contributed by atoms with van der Waals surface area (Å²) >= 11 is 0. The van der Waals surface area contributed by atoms with E-state index in [1.54, 1.807) is 0 Å². The zero-order chi connectivity index (χ0) is 20.1. The minimum absolute atomic E-state index is 0.344. The SMILES string of the molecule is CCC1CCCCC(C(C)(C)CCC(C)(C)Cc2ccncc2)C(C)(C)C1. The summed E-state index contributed by atoms with van der Waals surface area (Å²) in [6, 6.07) is 4.35. The standard InChI is InChI=1S/C26H45N/c1-8-21-11-9-10-12-23(26(6,7)20-21)25(4,5)16-15-24(2,3)19-22-13-17-27-18-14-22/h13-14,17-18,21,23H,8-12,15-16,19-20H2,1-7H3. The van der Waals surface area contributed by atoms with Crippen molar-refractivity contribution in [2.24, 2.45) is 28.1 Å². The molecule has 1 aliphatic rings. The Morgan fingerprint density at radius 3 is 2.26 bits per heavy atom. The van der Waals surface area contributed by atoms with E-state index >= 15 is 0 Å². The fraction of sp³-hybridized carbons (Fsp3) is 0.808. The summed E-state index contributed by atoms with van der Waals surface area (Å²) in [7, 11) is 0. The number of hydrogen-bond acceptors (Lipinski definition) is 1. The molecular formula is C26H45N. The molecule has 1 saturated carbocycles. The lowest BCUT2D eigenvalue weighted by Crippen LogP contribution is -2.39. The van der Waals surface area contributed by atoms with Crippen LogP contribution in [0.5, 0.6) is 0 Å². The van der Waals surface area contributed by atoms with Gasteiger partial charge < -0.3 is 0 Å². The van der Waals surface area contributed by atoms with Crippen molar-refractivity contribution in [2.75, 3.05) is 0 Å². The van der Waals surface area contributed by atoms with Crippen molar-refractivity contribution in [1.82, 2.24) is 4.98 Å². The monoisotopic (exact) mass is 371 g/mol. The molecule has 0 bridgehead atoms. The second kappa shape index (κ2) is 9.10. The number of hydrogen-bond donors (Lipinski definition) is 0. The van der Waals surface area contributed by atoms with Crippen LogP contribution in [-0.2, 0) is 6.42 Å². The molecule has 1 heterocycles. The largest absolute Gasteiger partial charge is 0.265 e. The predicted molar refractivity (Wildman–Crippen MR) is 119 cm³/mol. The van der Waals surface area contributed by atoms with Gasteiger partial charge in [0, 0.05) is 12.4 Å². The van der Waals surface area contributed by atoms with E-state index in [1.807, 2.05) is 12.4 Å². The Morgan fingerprint density at radius 1 is 1.00 bits per heavy atom. The summed E-state index contributed by atoms with van der Waals surface area (Å²) < 4.78 is 0. The van der Waals surface area contributed by atoms with Crippen LogP contribution in [0.1, 0.15) is 105 Å². The molecule has 1 aromatic heterocycles. The molecule has 1 heteroatoms. The van der Waals surface area contributed by atoms with Gasteiger partial charge in [-0.05, 0) is 77.9 Å². The molecule has 0 radical (unpaired) electrons. The van der Waals surface area contributed by atoms with Crippen molar-refractivity contribution in [1.29, 1.82) is 0 Å². The van der Waals surface area contributed by atoms with Crippen LogP contribution in [0.3, 0.4) is 0 Å². The fourth-order valence-electron chi connectivity index (χ4n) is 5.93. The topological polar surface area (TPSA) is 12.9 Å². The summed E-state index contributed by atoms with van der Waals surface area (Å²) in [5, 5.41) is 0. The van der Waals surface area contributed by atoms with Crippen molar-refractivity contribution in [3.8, 4) is 0 Å². The summed E-state index contributed by atoms with van der Waals surface area (Å²) in [5.41, 5.74) is 2.63. The molecule has 0 spiro atoms. The normalized spacial score (nSPS) is 24.3. The highest BCUT2D eigenvalue weighted by atomic mass is 14.6. The van der Waals surface area contributed by atoms with Gasteiger partial charge in [0.25, 0.3) is 0 Å². The molecule has 154 valence electrons. The van der Waals surface area contributed by atoms with Crippen molar-refractivity contribution in [3.63, 3.8) is 0 Å². The zero-order valence-corrected chi connectivity index (χ0v) is 19.3. The Morgan fingerprint density at radius 2 is 1.63 bits per heavy atom. The molecule has 2 unspecified atom stereocenters. The average molecular weight is 372 g/mol. The van der Waals surface area contributed by atoms with E-state index in [4.69, 9.17) is 0 Å². The van der Waals surface area contributed by atoms with Crippen LogP contribution >= 0.6 is 0 Å². The molecule has 1 aromatic rings. The molecule has 2 atom stereocenters. The van der Waals surface area contributed by atoms with Crippen LogP contribution < -0.4 is 0 Å². The number of pyridine rings is 1. The summed E-state index contributed by atoms with van der Waals surface area (Å²) in [6.07, 6.45) is 16.1. The van der Waals surface area contributed by atoms with E-state index in [9.17, 15) is 0 Å². The highest BCUT2D eigenvalue weighted by molar-refractivity contribution is 5.11. The van der Waals surface area contributed by atoms with Gasteiger partial charge in [0.2, 0.25) is 0 Å². The second-order valence-electron chi connectivity index (χ2n) is 11.5. The third kappa shape index (κ3) is 6.61. The highest BCUT2D eigenvalue weighted by Crippen LogP contribution is 2.52. The Balaban J connectivity index is 2.04. The third-order valence-corrected chi connectivity index (χ3v) is 7.51. The number of rotatable bonds is 7. The molecule has 0 amide bonds. The Hall–Kier alpha value is -0.850. The van der Waals surface area contributed by atoms with Gasteiger partial charge >= 0.3 is 0 Å². The van der Waals surface area contributed by atoms with Crippen LogP contribution in [0, 0.1) is 28.1 Å². The quantitative estimate of drug-likeness (QED) is 0.472. The first-order chi connectivity index (χ1) is 12.6. The van der Waals surface area contributed by atoms with Gasteiger partial charge in [-0.2, -0.15) is 0 Å². The van der Waals surface area contributed by atoms with Crippen LogP contribution in [0.25, 0.3) is 0 Å². The maximum Gasteiger partial charge on any atom is 0.0270 e. The third-order valence-electron chi connectivity index (χ3n) is 7.51. The molecule has 27 heavy (non-hydrogen) atoms. The van der Waals surface area contributed by atoms with Crippen molar-refractivity contribution in [3.05, 3.63) is 30.1 Å². The van der Waals surface area contributed by atoms with Gasteiger partial charge in [-0.1, -0.05) is 74.1 Å². The molecule has 2 rings (SSSR count). The van der Waals surface area contributed by atoms with Gasteiger partial charge in [-0.15, -0.1) is 0 Å². The van der Waals surface area contributed by atoms with Gasteiger partial charge in [-0.25, -0.2) is 0 Å². The van der Waals surface area contributed by atoms with Gasteiger partial charge in [-0.3, -0.25) is 4.98 Å². The number of nitrogens with zero attached hydrogens (tertiary/aromatic N) is 1. The van der Waals surface area contributed by atoms with Crippen molar-refractivity contribution < 1.29 is 0 Å². The number of aromatic nitrogens is 1. The van der Waals surface area contributed by atoms with Crippen LogP contribution in [0.2, 0.25) is 0 Å². The Labute approximate surface area is 169 Å². The molecule has 1 aliphatic carbocycles. The van der Waals surface area contributed by atoms with Gasteiger partial charge in [0.15, 0.2) is 0 Å². The van der Waals surface area contributed by atoms with Crippen LogP contribution in [0.4, 0.5) is 0 Å². The van der Waals surface area contributed by atoms with Crippen LogP contribution in [0.15, 0.2) is 24.5 Å². The maximum absolute atomic E-state index is 4.17. The summed E-state index contributed by atoms with van der Waals surface area (Å²) in [6.45, 7) is 17.5. The highest BCUT2D eigenvalue weighted by Gasteiger charge is 2.42. The molecule has 0 saturated heterocycles. The Bertz CT molecular complexity index is 555. The first kappa shape index (κ1) is 22.4. The minimum atomic E-state index is 0.344. The Kier molecular flexibility index (Phi) is 7.56. The van der Waals surface area contributed by atoms with E-state index in [0.29, 0.717) is 16.2 Å². The molecule has 1 fully saturated rings. The van der Waals surface area contributed by atoms with Gasteiger partial charge in [0.1, 0.15) is 0 Å². The lowest BCUT2D eigenvalue weighted by Gasteiger charge is -2.48. The summed E-state index contributed by atoms with van der Waals surface area (Å²) in [5.74, 6) is 1.76. The molecule has 0 aromatic carbocycles. The smallest absolute Gasteiger partial charge is 0.0270 e. The van der Waals surface area contributed by atoms with E-state index in [-0.39, 0.29) is 0 Å². The molecule has 0 aliphatic heterocycles. The van der Waals surface area contributed by atoms with E-state index in [2.05, 4.69) is 65.6 Å². The lowest BCUT2D eigenvalue weighted by atomic mass is 9.57. The zero-order valence-electron chi connectivity index (χ0n) is 19.3. The average Bonchev–Trinajstić information content (AvgIpc) is 2.57. The first-order valence-electron chi connectivity index (χ1n) is 11.4. The van der Waals surface area contributed by atoms with Crippen molar-refractivity contribution >= 4 is 0 Å². The first-order valence-corrected chi connectivity index (χ1v) is 11.4. The van der Waals surface area contributed by atoms with Gasteiger partial charge in [0.05, 0.1) is 0 Å². The van der Waals surface area contributed by atoms with Crippen LogP contribution in [-0.4, -0.2) is 4.98 Å². The second-order valence-corrected chi connectivity index (χ2v) is 11.5. The maximum atomic E-state index is 4.17. The van der Waals surface area contributed by atoms with E-state index in [0.717, 1.165) is 18.3 Å². The van der Waals surface area contributed by atoms with E-state index < -0.39 is 0 Å². The molecule has 1 nitrogen and oxygen atoms in total. The molecule has 0 N–H and O–H groups in total. The summed E-state index contributed by atoms with van der Waals surface area (Å²) in [4.78, 5) is 4.17. The van der Waals surface area contributed by atoms with E-state index in [1.165, 1.54) is 56.9 Å². The minimum Gasteiger partial charge on any atom is -0.265 e.